The zero-order valence-corrected chi connectivity index (χ0v) is 16.3. The summed E-state index contributed by atoms with van der Waals surface area (Å²) in [5, 5.41) is 5.84. The molecule has 2 aromatic rings. The number of carbonyl (C=O) groups excluding carboxylic acids is 3. The van der Waals surface area contributed by atoms with E-state index in [2.05, 4.69) is 10.6 Å². The van der Waals surface area contributed by atoms with E-state index in [1.54, 1.807) is 36.4 Å². The van der Waals surface area contributed by atoms with E-state index >= 15 is 0 Å². The van der Waals surface area contributed by atoms with Crippen LogP contribution in [0.5, 0.6) is 5.75 Å². The molecule has 8 heteroatoms. The highest BCUT2D eigenvalue weighted by molar-refractivity contribution is 6.31. The van der Waals surface area contributed by atoms with E-state index in [0.29, 0.717) is 28.6 Å². The van der Waals surface area contributed by atoms with Crippen molar-refractivity contribution < 1.29 is 23.9 Å². The van der Waals surface area contributed by atoms with E-state index in [-0.39, 0.29) is 12.5 Å². The summed E-state index contributed by atoms with van der Waals surface area (Å²) in [7, 11) is 0. The van der Waals surface area contributed by atoms with Gasteiger partial charge in [0.15, 0.2) is 13.2 Å². The molecular weight excluding hydrogens is 384 g/mol. The van der Waals surface area contributed by atoms with Crippen LogP contribution >= 0.6 is 11.6 Å². The first-order chi connectivity index (χ1) is 13.4. The maximum absolute atomic E-state index is 11.9. The summed E-state index contributed by atoms with van der Waals surface area (Å²) in [5.41, 5.74) is 1.67. The molecule has 0 fully saturated rings. The second-order valence-corrected chi connectivity index (χ2v) is 6.26. The molecule has 0 bridgehead atoms. The van der Waals surface area contributed by atoms with E-state index in [1.807, 2.05) is 13.8 Å². The lowest BCUT2D eigenvalue weighted by atomic mass is 10.2. The first-order valence-electron chi connectivity index (χ1n) is 8.61. The Morgan fingerprint density at radius 2 is 1.86 bits per heavy atom. The maximum atomic E-state index is 11.9. The van der Waals surface area contributed by atoms with E-state index in [0.717, 1.165) is 5.56 Å². The Kier molecular flexibility index (Phi) is 7.83. The fourth-order valence-corrected chi connectivity index (χ4v) is 2.35. The summed E-state index contributed by atoms with van der Waals surface area (Å²) < 4.78 is 10.2. The van der Waals surface area contributed by atoms with Crippen LogP contribution in [0.4, 0.5) is 5.69 Å². The summed E-state index contributed by atoms with van der Waals surface area (Å²) in [6, 6.07) is 11.5. The summed E-state index contributed by atoms with van der Waals surface area (Å²) in [5.74, 6) is -0.965. The first kappa shape index (κ1) is 21.2. The fourth-order valence-electron chi connectivity index (χ4n) is 2.23. The zero-order valence-electron chi connectivity index (χ0n) is 15.6. The molecule has 2 aromatic carbocycles. The third-order valence-corrected chi connectivity index (χ3v) is 4.02. The van der Waals surface area contributed by atoms with Crippen LogP contribution in [-0.2, 0) is 14.3 Å². The van der Waals surface area contributed by atoms with E-state index < -0.39 is 18.5 Å². The van der Waals surface area contributed by atoms with Gasteiger partial charge in [0, 0.05) is 22.8 Å². The molecule has 0 saturated carbocycles. The van der Waals surface area contributed by atoms with E-state index in [9.17, 15) is 14.4 Å². The average Bonchev–Trinajstić information content (AvgIpc) is 2.67. The number of hydrogen-bond donors (Lipinski definition) is 2. The van der Waals surface area contributed by atoms with Crippen molar-refractivity contribution >= 4 is 35.1 Å². The fraction of sp³-hybridized carbons (Fsp3) is 0.250. The molecule has 0 unspecified atom stereocenters. The Balaban J connectivity index is 1.78. The summed E-state index contributed by atoms with van der Waals surface area (Å²) in [6.45, 7) is 3.34. The van der Waals surface area contributed by atoms with Crippen LogP contribution < -0.4 is 15.4 Å². The minimum Gasteiger partial charge on any atom is -0.482 e. The lowest BCUT2D eigenvalue weighted by molar-refractivity contribution is -0.149. The van der Waals surface area contributed by atoms with Crippen molar-refractivity contribution in [1.82, 2.24) is 5.32 Å². The lowest BCUT2D eigenvalue weighted by Crippen LogP contribution is -2.24. The Morgan fingerprint density at radius 1 is 1.07 bits per heavy atom. The molecule has 0 atom stereocenters. The van der Waals surface area contributed by atoms with Gasteiger partial charge < -0.3 is 20.1 Å². The van der Waals surface area contributed by atoms with Crippen molar-refractivity contribution in [2.45, 2.75) is 13.8 Å². The molecule has 2 rings (SSSR count). The highest BCUT2D eigenvalue weighted by Gasteiger charge is 2.11. The van der Waals surface area contributed by atoms with Gasteiger partial charge in [0.1, 0.15) is 5.75 Å². The summed E-state index contributed by atoms with van der Waals surface area (Å²) in [6.07, 6.45) is 0. The first-order valence-corrected chi connectivity index (χ1v) is 8.99. The molecule has 0 heterocycles. The molecule has 0 radical (unpaired) electrons. The van der Waals surface area contributed by atoms with Crippen LogP contribution in [0, 0.1) is 6.92 Å². The van der Waals surface area contributed by atoms with Gasteiger partial charge >= 0.3 is 5.97 Å². The van der Waals surface area contributed by atoms with Gasteiger partial charge in [0.2, 0.25) is 0 Å². The molecule has 0 aliphatic rings. The van der Waals surface area contributed by atoms with Crippen molar-refractivity contribution in [2.75, 3.05) is 25.1 Å². The van der Waals surface area contributed by atoms with Crippen LogP contribution in [0.3, 0.4) is 0 Å². The molecule has 28 heavy (non-hydrogen) atoms. The molecule has 2 N–H and O–H groups in total. The number of halogens is 1. The zero-order chi connectivity index (χ0) is 20.5. The minimum absolute atomic E-state index is 0.236. The van der Waals surface area contributed by atoms with Crippen molar-refractivity contribution in [3.8, 4) is 5.75 Å². The SMILES string of the molecule is CCNC(=O)c1cccc(NC(=O)COC(=O)COc2ccc(Cl)c(C)c2)c1. The number of nitrogens with one attached hydrogen (secondary N) is 2. The van der Waals surface area contributed by atoms with Crippen molar-refractivity contribution in [1.29, 1.82) is 0 Å². The van der Waals surface area contributed by atoms with Crippen LogP contribution in [0.25, 0.3) is 0 Å². The molecule has 2 amide bonds. The van der Waals surface area contributed by atoms with Crippen LogP contribution in [0.15, 0.2) is 42.5 Å². The Labute approximate surface area is 168 Å². The smallest absolute Gasteiger partial charge is 0.344 e. The molecule has 0 saturated heterocycles. The van der Waals surface area contributed by atoms with Gasteiger partial charge in [-0.1, -0.05) is 17.7 Å². The highest BCUT2D eigenvalue weighted by atomic mass is 35.5. The third kappa shape index (κ3) is 6.59. The number of benzene rings is 2. The number of aryl methyl sites for hydroxylation is 1. The monoisotopic (exact) mass is 404 g/mol. The molecule has 0 aromatic heterocycles. The van der Waals surface area contributed by atoms with Crippen LogP contribution in [0.1, 0.15) is 22.8 Å². The largest absolute Gasteiger partial charge is 0.482 e. The Morgan fingerprint density at radius 3 is 2.57 bits per heavy atom. The lowest BCUT2D eigenvalue weighted by Gasteiger charge is -2.09. The molecule has 0 aliphatic heterocycles. The standard InChI is InChI=1S/C20H21ClN2O5/c1-3-22-20(26)14-5-4-6-15(10-14)23-18(24)11-28-19(25)12-27-16-7-8-17(21)13(2)9-16/h4-10H,3,11-12H2,1-2H3,(H,22,26)(H,23,24). The second kappa shape index (κ2) is 10.3. The van der Waals surface area contributed by atoms with Crippen molar-refractivity contribution in [2.24, 2.45) is 0 Å². The summed E-state index contributed by atoms with van der Waals surface area (Å²) in [4.78, 5) is 35.5. The van der Waals surface area contributed by atoms with Gasteiger partial charge in [0.05, 0.1) is 0 Å². The number of amides is 2. The van der Waals surface area contributed by atoms with Crippen molar-refractivity contribution in [3.05, 3.63) is 58.6 Å². The third-order valence-electron chi connectivity index (χ3n) is 3.60. The minimum atomic E-state index is -0.682. The predicted octanol–water partition coefficient (Wildman–Crippen LogP) is 2.96. The van der Waals surface area contributed by atoms with Gasteiger partial charge in [-0.05, 0) is 55.8 Å². The van der Waals surface area contributed by atoms with Crippen LogP contribution in [-0.4, -0.2) is 37.5 Å². The van der Waals surface area contributed by atoms with Crippen LogP contribution in [0.2, 0.25) is 5.02 Å². The quantitative estimate of drug-likeness (QED) is 0.660. The second-order valence-electron chi connectivity index (χ2n) is 5.85. The van der Waals surface area contributed by atoms with Gasteiger partial charge in [-0.3, -0.25) is 9.59 Å². The van der Waals surface area contributed by atoms with E-state index in [1.165, 1.54) is 6.07 Å². The summed E-state index contributed by atoms with van der Waals surface area (Å²) >= 11 is 5.92. The maximum Gasteiger partial charge on any atom is 0.344 e. The topological polar surface area (TPSA) is 93.7 Å². The van der Waals surface area contributed by atoms with Gasteiger partial charge in [-0.15, -0.1) is 0 Å². The molecular formula is C20H21ClN2O5. The predicted molar refractivity (Wildman–Crippen MR) is 106 cm³/mol. The molecule has 148 valence electrons. The highest BCUT2D eigenvalue weighted by Crippen LogP contribution is 2.20. The number of anilines is 1. The van der Waals surface area contributed by atoms with E-state index in [4.69, 9.17) is 21.1 Å². The van der Waals surface area contributed by atoms with Gasteiger partial charge in [-0.2, -0.15) is 0 Å². The molecule has 7 nitrogen and oxygen atoms in total. The van der Waals surface area contributed by atoms with Gasteiger partial charge in [0.25, 0.3) is 11.8 Å². The van der Waals surface area contributed by atoms with Gasteiger partial charge in [-0.25, -0.2) is 4.79 Å². The number of carbonyl (C=O) groups is 3. The average molecular weight is 405 g/mol. The number of ether oxygens (including phenoxy) is 2. The Bertz CT molecular complexity index is 869. The molecule has 0 spiro atoms. The number of esters is 1. The number of rotatable bonds is 8. The van der Waals surface area contributed by atoms with Crippen molar-refractivity contribution in [3.63, 3.8) is 0 Å². The molecule has 0 aliphatic carbocycles. The normalized spacial score (nSPS) is 10.1. The number of hydrogen-bond acceptors (Lipinski definition) is 5. The Hall–Kier alpha value is -3.06.